The van der Waals surface area contributed by atoms with Gasteiger partial charge in [0, 0.05) is 30.5 Å². The third-order valence-electron chi connectivity index (χ3n) is 4.33. The Morgan fingerprint density at radius 3 is 2.58 bits per heavy atom. The van der Waals surface area contributed by atoms with E-state index in [0.717, 1.165) is 37.1 Å². The summed E-state index contributed by atoms with van der Waals surface area (Å²) >= 11 is 0. The third-order valence-corrected chi connectivity index (χ3v) is 4.33. The van der Waals surface area contributed by atoms with Crippen LogP contribution in [0.15, 0.2) is 43.0 Å². The number of likely N-dealkylation sites (tertiary alicyclic amines) is 1. The van der Waals surface area contributed by atoms with Crippen LogP contribution in [-0.2, 0) is 11.3 Å². The molecule has 0 bridgehead atoms. The van der Waals surface area contributed by atoms with Crippen LogP contribution < -0.4 is 5.32 Å². The van der Waals surface area contributed by atoms with Gasteiger partial charge >= 0.3 is 0 Å². The van der Waals surface area contributed by atoms with E-state index >= 15 is 0 Å². The number of hydrogen-bond acceptors (Lipinski definition) is 4. The van der Waals surface area contributed by atoms with Gasteiger partial charge in [-0.3, -0.25) is 9.69 Å². The Morgan fingerprint density at radius 2 is 1.92 bits per heavy atom. The third kappa shape index (κ3) is 3.97. The van der Waals surface area contributed by atoms with Crippen molar-refractivity contribution in [3.8, 4) is 11.1 Å². The zero-order valence-electron chi connectivity index (χ0n) is 14.3. The van der Waals surface area contributed by atoms with Crippen molar-refractivity contribution in [1.29, 1.82) is 0 Å². The number of hydrogen-bond donors (Lipinski definition) is 1. The summed E-state index contributed by atoms with van der Waals surface area (Å²) in [6.45, 7) is 5.79. The molecule has 1 aromatic heterocycles. The van der Waals surface area contributed by atoms with Crippen LogP contribution in [-0.4, -0.2) is 39.4 Å². The minimum atomic E-state index is -0.00500. The van der Waals surface area contributed by atoms with Crippen molar-refractivity contribution in [2.75, 3.05) is 6.54 Å². The first-order valence-corrected chi connectivity index (χ1v) is 8.52. The average molecular weight is 324 g/mol. The highest BCUT2D eigenvalue weighted by molar-refractivity contribution is 5.82. The second kappa shape index (κ2) is 7.53. The molecule has 1 fully saturated rings. The summed E-state index contributed by atoms with van der Waals surface area (Å²) in [6.07, 6.45) is 7.19. The van der Waals surface area contributed by atoms with Crippen LogP contribution >= 0.6 is 0 Å². The lowest BCUT2D eigenvalue weighted by Gasteiger charge is -2.24. The van der Waals surface area contributed by atoms with Crippen LogP contribution in [0.3, 0.4) is 0 Å². The predicted molar refractivity (Wildman–Crippen MR) is 94.2 cm³/mol. The largest absolute Gasteiger partial charge is 0.353 e. The molecule has 0 radical (unpaired) electrons. The Balaban J connectivity index is 1.66. The first-order chi connectivity index (χ1) is 11.6. The van der Waals surface area contributed by atoms with Gasteiger partial charge in [0.15, 0.2) is 0 Å². The fourth-order valence-electron chi connectivity index (χ4n) is 3.18. The van der Waals surface area contributed by atoms with Gasteiger partial charge in [-0.1, -0.05) is 24.3 Å². The lowest BCUT2D eigenvalue weighted by atomic mass is 10.1. The molecule has 0 saturated carbocycles. The first kappa shape index (κ1) is 16.6. The number of benzene rings is 1. The zero-order valence-corrected chi connectivity index (χ0v) is 14.3. The van der Waals surface area contributed by atoms with Crippen molar-refractivity contribution in [3.05, 3.63) is 48.5 Å². The molecule has 2 aromatic rings. The molecule has 24 heavy (non-hydrogen) atoms. The normalized spacial score (nSPS) is 18.0. The van der Waals surface area contributed by atoms with E-state index in [2.05, 4.69) is 44.5 Å². The predicted octanol–water partition coefficient (Wildman–Crippen LogP) is 2.63. The number of carbonyl (C=O) groups excluding carboxylic acids is 1. The molecule has 1 N–H and O–H groups in total. The minimum Gasteiger partial charge on any atom is -0.353 e. The number of carbonyl (C=O) groups is 1. The van der Waals surface area contributed by atoms with Crippen LogP contribution in [0, 0.1) is 0 Å². The van der Waals surface area contributed by atoms with E-state index in [1.807, 2.05) is 26.2 Å². The zero-order chi connectivity index (χ0) is 16.9. The maximum Gasteiger partial charge on any atom is 0.237 e. The number of nitrogens with zero attached hydrogens (tertiary/aromatic N) is 3. The second-order valence-electron chi connectivity index (χ2n) is 6.62. The summed E-state index contributed by atoms with van der Waals surface area (Å²) in [4.78, 5) is 22.7. The lowest BCUT2D eigenvalue weighted by molar-refractivity contribution is -0.126. The Hall–Kier alpha value is -2.27. The van der Waals surface area contributed by atoms with E-state index in [0.29, 0.717) is 0 Å². The molecular formula is C19H24N4O. The van der Waals surface area contributed by atoms with E-state index in [4.69, 9.17) is 0 Å². The number of nitrogens with one attached hydrogen (secondary N) is 1. The van der Waals surface area contributed by atoms with Crippen molar-refractivity contribution in [2.45, 2.75) is 45.3 Å². The molecule has 0 spiro atoms. The fraction of sp³-hybridized carbons (Fsp3) is 0.421. The van der Waals surface area contributed by atoms with Crippen LogP contribution in [0.5, 0.6) is 0 Å². The average Bonchev–Trinajstić information content (AvgIpc) is 3.04. The van der Waals surface area contributed by atoms with Crippen molar-refractivity contribution in [3.63, 3.8) is 0 Å². The molecule has 5 heteroatoms. The van der Waals surface area contributed by atoms with Gasteiger partial charge in [0.05, 0.1) is 6.04 Å². The highest BCUT2D eigenvalue weighted by atomic mass is 16.2. The van der Waals surface area contributed by atoms with Gasteiger partial charge in [-0.05, 0) is 44.4 Å². The maximum atomic E-state index is 12.3. The van der Waals surface area contributed by atoms with Gasteiger partial charge in [-0.2, -0.15) is 0 Å². The molecule has 1 aromatic carbocycles. The molecule has 1 saturated heterocycles. The molecule has 1 aliphatic heterocycles. The van der Waals surface area contributed by atoms with Crippen LogP contribution in [0.1, 0.15) is 32.3 Å². The van der Waals surface area contributed by atoms with E-state index < -0.39 is 0 Å². The Labute approximate surface area is 143 Å². The van der Waals surface area contributed by atoms with Crippen LogP contribution in [0.25, 0.3) is 11.1 Å². The summed E-state index contributed by atoms with van der Waals surface area (Å²) < 4.78 is 0. The maximum absolute atomic E-state index is 12.3. The summed E-state index contributed by atoms with van der Waals surface area (Å²) in [5.41, 5.74) is 3.34. The first-order valence-electron chi connectivity index (χ1n) is 8.52. The van der Waals surface area contributed by atoms with Gasteiger partial charge in [0.25, 0.3) is 0 Å². The van der Waals surface area contributed by atoms with Gasteiger partial charge in [0.1, 0.15) is 6.33 Å². The van der Waals surface area contributed by atoms with Crippen LogP contribution in [0.2, 0.25) is 0 Å². The molecular weight excluding hydrogens is 300 g/mol. The van der Waals surface area contributed by atoms with E-state index in [1.165, 1.54) is 11.9 Å². The summed E-state index contributed by atoms with van der Waals surface area (Å²) in [5.74, 6) is 0.153. The molecule has 1 unspecified atom stereocenters. The monoisotopic (exact) mass is 324 g/mol. The van der Waals surface area contributed by atoms with E-state index in [9.17, 15) is 4.79 Å². The minimum absolute atomic E-state index is 0.00500. The van der Waals surface area contributed by atoms with Crippen molar-refractivity contribution in [1.82, 2.24) is 20.2 Å². The summed E-state index contributed by atoms with van der Waals surface area (Å²) in [6, 6.07) is 8.61. The molecule has 5 nitrogen and oxygen atoms in total. The molecule has 1 amide bonds. The Kier molecular flexibility index (Phi) is 5.20. The van der Waals surface area contributed by atoms with Gasteiger partial charge in [0.2, 0.25) is 5.91 Å². The number of aromatic nitrogens is 2. The van der Waals surface area contributed by atoms with Gasteiger partial charge < -0.3 is 5.32 Å². The summed E-state index contributed by atoms with van der Waals surface area (Å²) in [5, 5.41) is 3.04. The Bertz CT molecular complexity index is 670. The van der Waals surface area contributed by atoms with Crippen molar-refractivity contribution >= 4 is 5.91 Å². The van der Waals surface area contributed by atoms with Crippen molar-refractivity contribution in [2.24, 2.45) is 0 Å². The van der Waals surface area contributed by atoms with E-state index in [-0.39, 0.29) is 18.0 Å². The summed E-state index contributed by atoms with van der Waals surface area (Å²) in [7, 11) is 0. The lowest BCUT2D eigenvalue weighted by Crippen LogP contribution is -2.45. The molecule has 1 atom stereocenters. The van der Waals surface area contributed by atoms with Crippen molar-refractivity contribution < 1.29 is 4.79 Å². The number of amides is 1. The molecule has 2 heterocycles. The second-order valence-corrected chi connectivity index (χ2v) is 6.62. The highest BCUT2D eigenvalue weighted by Gasteiger charge is 2.30. The number of rotatable bonds is 5. The van der Waals surface area contributed by atoms with E-state index in [1.54, 1.807) is 0 Å². The SMILES string of the molecule is CC(C)NC(=O)C1CCCN1Cc1ccc(-c2cncnc2)cc1. The molecule has 0 aliphatic carbocycles. The molecule has 3 rings (SSSR count). The Morgan fingerprint density at radius 1 is 1.21 bits per heavy atom. The smallest absolute Gasteiger partial charge is 0.237 e. The molecule has 1 aliphatic rings. The van der Waals surface area contributed by atoms with Gasteiger partial charge in [-0.15, -0.1) is 0 Å². The standard InChI is InChI=1S/C19H24N4O/c1-14(2)22-19(24)18-4-3-9-23(18)12-15-5-7-16(8-6-15)17-10-20-13-21-11-17/h5-8,10-11,13-14,18H,3-4,9,12H2,1-2H3,(H,22,24). The quantitative estimate of drug-likeness (QED) is 0.918. The van der Waals surface area contributed by atoms with Gasteiger partial charge in [-0.25, -0.2) is 9.97 Å². The topological polar surface area (TPSA) is 58.1 Å². The molecule has 126 valence electrons. The van der Waals surface area contributed by atoms with Crippen LogP contribution in [0.4, 0.5) is 0 Å². The fourth-order valence-corrected chi connectivity index (χ4v) is 3.18. The highest BCUT2D eigenvalue weighted by Crippen LogP contribution is 2.22.